The fourth-order valence-electron chi connectivity index (χ4n) is 3.97. The number of hydrogen-bond acceptors (Lipinski definition) is 5. The Morgan fingerprint density at radius 3 is 2.57 bits per heavy atom. The van der Waals surface area contributed by atoms with Crippen molar-refractivity contribution in [1.29, 1.82) is 0 Å². The van der Waals surface area contributed by atoms with Gasteiger partial charge in [0.15, 0.2) is 0 Å². The molecule has 2 fully saturated rings. The number of anilines is 1. The van der Waals surface area contributed by atoms with Crippen LogP contribution in [0.1, 0.15) is 11.6 Å². The first-order valence-corrected chi connectivity index (χ1v) is 9.85. The molecular weight excluding hydrogens is 428 g/mol. The predicted molar refractivity (Wildman–Crippen MR) is 121 cm³/mol. The first-order valence-electron chi connectivity index (χ1n) is 9.85. The minimum atomic E-state index is -0.263. The quantitative estimate of drug-likeness (QED) is 0.766. The molecule has 0 bridgehead atoms. The van der Waals surface area contributed by atoms with E-state index < -0.39 is 0 Å². The maximum absolute atomic E-state index is 13.7. The first-order chi connectivity index (χ1) is 13.7. The summed E-state index contributed by atoms with van der Waals surface area (Å²) in [6.45, 7) is 5.86. The maximum atomic E-state index is 13.7. The number of hydrogen-bond donors (Lipinski definition) is 1. The van der Waals surface area contributed by atoms with Crippen LogP contribution in [0.15, 0.2) is 48.7 Å². The Labute approximate surface area is 189 Å². The van der Waals surface area contributed by atoms with Crippen LogP contribution in [0.4, 0.5) is 10.2 Å². The summed E-state index contributed by atoms with van der Waals surface area (Å²) in [6.07, 6.45) is 1.81. The van der Waals surface area contributed by atoms with Crippen molar-refractivity contribution in [3.63, 3.8) is 0 Å². The van der Waals surface area contributed by atoms with Crippen molar-refractivity contribution in [2.45, 2.75) is 6.04 Å². The van der Waals surface area contributed by atoms with Gasteiger partial charge in [-0.05, 0) is 29.8 Å². The van der Waals surface area contributed by atoms with Gasteiger partial charge in [0, 0.05) is 52.0 Å². The van der Waals surface area contributed by atoms with Gasteiger partial charge in [-0.3, -0.25) is 9.69 Å². The summed E-state index contributed by atoms with van der Waals surface area (Å²) in [5, 5.41) is 3.32. The smallest absolute Gasteiger partial charge is 0.237 e. The van der Waals surface area contributed by atoms with Gasteiger partial charge in [0.1, 0.15) is 11.6 Å². The fraction of sp³-hybridized carbons (Fsp3) is 0.429. The van der Waals surface area contributed by atoms with Crippen LogP contribution in [0.5, 0.6) is 0 Å². The molecule has 2 aliphatic heterocycles. The van der Waals surface area contributed by atoms with E-state index in [9.17, 15) is 9.18 Å². The molecule has 2 aromatic rings. The van der Waals surface area contributed by atoms with Crippen molar-refractivity contribution >= 4 is 36.5 Å². The number of rotatable bonds is 4. The lowest BCUT2D eigenvalue weighted by atomic mass is 10.0. The first kappa shape index (κ1) is 24.3. The van der Waals surface area contributed by atoms with Gasteiger partial charge >= 0.3 is 0 Å². The van der Waals surface area contributed by atoms with Gasteiger partial charge in [-0.1, -0.05) is 18.2 Å². The normalized spacial score (nSPS) is 19.6. The molecule has 0 radical (unpaired) electrons. The molecule has 3 heterocycles. The Morgan fingerprint density at radius 1 is 1.07 bits per heavy atom. The van der Waals surface area contributed by atoms with Crippen molar-refractivity contribution in [2.75, 3.05) is 57.3 Å². The average molecular weight is 456 g/mol. The fourth-order valence-corrected chi connectivity index (χ4v) is 3.97. The molecule has 1 aromatic carbocycles. The number of aromatic nitrogens is 1. The maximum Gasteiger partial charge on any atom is 0.237 e. The van der Waals surface area contributed by atoms with Crippen molar-refractivity contribution in [2.24, 2.45) is 0 Å². The van der Waals surface area contributed by atoms with Crippen LogP contribution < -0.4 is 10.2 Å². The van der Waals surface area contributed by atoms with Crippen LogP contribution in [-0.4, -0.2) is 73.0 Å². The topological polar surface area (TPSA) is 51.7 Å². The highest BCUT2D eigenvalue weighted by atomic mass is 35.5. The molecule has 9 heteroatoms. The van der Waals surface area contributed by atoms with E-state index in [0.29, 0.717) is 19.6 Å². The number of halogens is 3. The summed E-state index contributed by atoms with van der Waals surface area (Å²) < 4.78 is 13.7. The van der Waals surface area contributed by atoms with E-state index >= 15 is 0 Å². The van der Waals surface area contributed by atoms with Crippen LogP contribution in [0.3, 0.4) is 0 Å². The van der Waals surface area contributed by atoms with E-state index in [2.05, 4.69) is 20.1 Å². The summed E-state index contributed by atoms with van der Waals surface area (Å²) >= 11 is 0. The van der Waals surface area contributed by atoms with Gasteiger partial charge in [-0.25, -0.2) is 9.37 Å². The van der Waals surface area contributed by atoms with Crippen LogP contribution in [0.25, 0.3) is 0 Å². The molecule has 1 atom stereocenters. The van der Waals surface area contributed by atoms with Crippen molar-refractivity contribution in [3.05, 3.63) is 60.0 Å². The zero-order chi connectivity index (χ0) is 19.3. The Balaban J connectivity index is 0.00000160. The second-order valence-electron chi connectivity index (χ2n) is 7.31. The van der Waals surface area contributed by atoms with E-state index in [4.69, 9.17) is 0 Å². The minimum Gasteiger partial charge on any atom is -0.354 e. The molecule has 6 nitrogen and oxygen atoms in total. The lowest BCUT2D eigenvalue weighted by Crippen LogP contribution is -2.54. The molecule has 0 aliphatic carbocycles. The second-order valence-corrected chi connectivity index (χ2v) is 7.31. The predicted octanol–water partition coefficient (Wildman–Crippen LogP) is 2.36. The highest BCUT2D eigenvalue weighted by Crippen LogP contribution is 2.23. The van der Waals surface area contributed by atoms with Crippen LogP contribution in [-0.2, 0) is 4.79 Å². The molecule has 1 N–H and O–H groups in total. The highest BCUT2D eigenvalue weighted by molar-refractivity contribution is 5.85. The van der Waals surface area contributed by atoms with E-state index in [1.54, 1.807) is 6.07 Å². The zero-order valence-electron chi connectivity index (χ0n) is 16.7. The summed E-state index contributed by atoms with van der Waals surface area (Å²) in [5.74, 6) is 0.838. The Bertz CT molecular complexity index is 805. The van der Waals surface area contributed by atoms with Crippen LogP contribution in [0.2, 0.25) is 0 Å². The van der Waals surface area contributed by atoms with Crippen LogP contribution >= 0.6 is 24.8 Å². The van der Waals surface area contributed by atoms with Gasteiger partial charge in [-0.15, -0.1) is 24.8 Å². The molecule has 4 rings (SSSR count). The molecular formula is C21H28Cl2FN5O. The summed E-state index contributed by atoms with van der Waals surface area (Å²) in [4.78, 5) is 23.8. The molecule has 1 aromatic heterocycles. The Hall–Kier alpha value is -1.93. The third-order valence-corrected chi connectivity index (χ3v) is 5.50. The third kappa shape index (κ3) is 5.82. The number of piperazine rings is 2. The van der Waals surface area contributed by atoms with E-state index in [1.165, 1.54) is 12.1 Å². The molecule has 30 heavy (non-hydrogen) atoms. The molecule has 2 saturated heterocycles. The number of carbonyl (C=O) groups is 1. The summed E-state index contributed by atoms with van der Waals surface area (Å²) in [6, 6.07) is 12.4. The molecule has 2 aliphatic rings. The molecule has 1 unspecified atom stereocenters. The van der Waals surface area contributed by atoms with E-state index in [-0.39, 0.29) is 42.6 Å². The van der Waals surface area contributed by atoms with Gasteiger partial charge in [-0.2, -0.15) is 0 Å². The van der Waals surface area contributed by atoms with Gasteiger partial charge in [0.25, 0.3) is 0 Å². The second kappa shape index (κ2) is 11.5. The van der Waals surface area contributed by atoms with E-state index in [1.807, 2.05) is 35.4 Å². The summed E-state index contributed by atoms with van der Waals surface area (Å²) in [5.41, 5.74) is 0.848. The minimum absolute atomic E-state index is 0. The lowest BCUT2D eigenvalue weighted by molar-refractivity contribution is -0.135. The molecule has 164 valence electrons. The number of nitrogens with zero attached hydrogens (tertiary/aromatic N) is 4. The standard InChI is InChI=1S/C21H26FN5O.2ClH/c22-18-5-3-4-17(14-18)19-15-23-8-9-27(19)21(28)16-25-10-12-26(13-11-25)20-6-1-2-7-24-20;;/h1-7,14,19,23H,8-13,15-16H2;2*1H. The van der Waals surface area contributed by atoms with Crippen molar-refractivity contribution < 1.29 is 9.18 Å². The molecule has 0 spiro atoms. The number of pyridine rings is 1. The third-order valence-electron chi connectivity index (χ3n) is 5.50. The number of amides is 1. The van der Waals surface area contributed by atoms with Crippen LogP contribution in [0, 0.1) is 5.82 Å². The Kier molecular flexibility index (Phi) is 9.30. The molecule has 1 amide bonds. The SMILES string of the molecule is Cl.Cl.O=C(CN1CCN(c2ccccn2)CC1)N1CCNCC1c1cccc(F)c1. The average Bonchev–Trinajstić information content (AvgIpc) is 2.75. The van der Waals surface area contributed by atoms with Gasteiger partial charge in [0.2, 0.25) is 5.91 Å². The largest absolute Gasteiger partial charge is 0.354 e. The van der Waals surface area contributed by atoms with Crippen molar-refractivity contribution in [3.8, 4) is 0 Å². The molecule has 0 saturated carbocycles. The Morgan fingerprint density at radius 2 is 1.87 bits per heavy atom. The monoisotopic (exact) mass is 455 g/mol. The highest BCUT2D eigenvalue weighted by Gasteiger charge is 2.30. The van der Waals surface area contributed by atoms with Gasteiger partial charge < -0.3 is 15.1 Å². The zero-order valence-corrected chi connectivity index (χ0v) is 18.4. The van der Waals surface area contributed by atoms with Gasteiger partial charge in [0.05, 0.1) is 12.6 Å². The lowest BCUT2D eigenvalue weighted by Gasteiger charge is -2.39. The summed E-state index contributed by atoms with van der Waals surface area (Å²) in [7, 11) is 0. The number of carbonyl (C=O) groups excluding carboxylic acids is 1. The van der Waals surface area contributed by atoms with E-state index in [0.717, 1.165) is 44.1 Å². The number of benzene rings is 1. The van der Waals surface area contributed by atoms with Crippen molar-refractivity contribution in [1.82, 2.24) is 20.1 Å². The number of nitrogens with one attached hydrogen (secondary N) is 1.